The Morgan fingerprint density at radius 1 is 0.448 bits per heavy atom. The van der Waals surface area contributed by atoms with E-state index < -0.39 is 0 Å². The molecular formula is C55H37NOS. The van der Waals surface area contributed by atoms with Crippen LogP contribution in [0.5, 0.6) is 0 Å². The number of anilines is 3. The molecule has 0 amide bonds. The highest BCUT2D eigenvalue weighted by atomic mass is 32.1. The molecule has 0 saturated heterocycles. The summed E-state index contributed by atoms with van der Waals surface area (Å²) in [6.45, 7) is 4.73. The van der Waals surface area contributed by atoms with E-state index in [4.69, 9.17) is 4.42 Å². The van der Waals surface area contributed by atoms with Gasteiger partial charge in [-0.15, -0.1) is 11.3 Å². The lowest BCUT2D eigenvalue weighted by Crippen LogP contribution is -2.16. The van der Waals surface area contributed by atoms with Gasteiger partial charge < -0.3 is 9.32 Å². The number of hydrogen-bond acceptors (Lipinski definition) is 3. The van der Waals surface area contributed by atoms with Crippen LogP contribution < -0.4 is 4.90 Å². The Hall–Kier alpha value is -6.94. The minimum Gasteiger partial charge on any atom is -0.455 e. The molecule has 0 saturated carbocycles. The van der Waals surface area contributed by atoms with Crippen molar-refractivity contribution in [2.45, 2.75) is 19.3 Å². The average molecular weight is 760 g/mol. The lowest BCUT2D eigenvalue weighted by atomic mass is 9.79. The highest BCUT2D eigenvalue weighted by molar-refractivity contribution is 7.25. The summed E-state index contributed by atoms with van der Waals surface area (Å²) in [4.78, 5) is 2.40. The van der Waals surface area contributed by atoms with Crippen LogP contribution in [0.15, 0.2) is 192 Å². The Morgan fingerprint density at radius 2 is 1.05 bits per heavy atom. The molecule has 0 unspecified atom stereocenters. The molecule has 2 aromatic heterocycles. The third kappa shape index (κ3) is 4.90. The van der Waals surface area contributed by atoms with E-state index in [0.29, 0.717) is 0 Å². The molecule has 274 valence electrons. The monoisotopic (exact) mass is 759 g/mol. The van der Waals surface area contributed by atoms with Crippen LogP contribution in [0.1, 0.15) is 25.0 Å². The van der Waals surface area contributed by atoms with Crippen LogP contribution in [0.2, 0.25) is 0 Å². The molecular weight excluding hydrogens is 723 g/mol. The van der Waals surface area contributed by atoms with Gasteiger partial charge in [-0.2, -0.15) is 0 Å². The van der Waals surface area contributed by atoms with E-state index in [2.05, 4.69) is 207 Å². The topological polar surface area (TPSA) is 16.4 Å². The molecule has 0 spiro atoms. The third-order valence-electron chi connectivity index (χ3n) is 12.5. The quantitative estimate of drug-likeness (QED) is 0.174. The summed E-state index contributed by atoms with van der Waals surface area (Å²) in [5.74, 6) is 0. The van der Waals surface area contributed by atoms with Crippen LogP contribution in [-0.4, -0.2) is 0 Å². The number of thiophene rings is 1. The second-order valence-corrected chi connectivity index (χ2v) is 17.1. The Morgan fingerprint density at radius 3 is 1.88 bits per heavy atom. The lowest BCUT2D eigenvalue weighted by molar-refractivity contribution is 0.662. The molecule has 1 aliphatic carbocycles. The highest BCUT2D eigenvalue weighted by Gasteiger charge is 2.37. The molecule has 0 aliphatic heterocycles. The molecule has 0 radical (unpaired) electrons. The van der Waals surface area contributed by atoms with E-state index in [-0.39, 0.29) is 5.41 Å². The van der Waals surface area contributed by atoms with E-state index in [1.807, 2.05) is 11.3 Å². The zero-order valence-corrected chi connectivity index (χ0v) is 33.0. The molecule has 0 N–H and O–H groups in total. The van der Waals surface area contributed by atoms with Gasteiger partial charge in [0.05, 0.1) is 0 Å². The first-order valence-corrected chi connectivity index (χ1v) is 20.8. The zero-order valence-electron chi connectivity index (χ0n) is 32.2. The molecule has 0 atom stereocenters. The maximum Gasteiger partial charge on any atom is 0.143 e. The predicted molar refractivity (Wildman–Crippen MR) is 247 cm³/mol. The first kappa shape index (κ1) is 33.2. The Kier molecular flexibility index (Phi) is 7.18. The van der Waals surface area contributed by atoms with Gasteiger partial charge in [0.25, 0.3) is 0 Å². The molecule has 11 aromatic rings. The van der Waals surface area contributed by atoms with E-state index >= 15 is 0 Å². The van der Waals surface area contributed by atoms with E-state index in [9.17, 15) is 0 Å². The third-order valence-corrected chi connectivity index (χ3v) is 13.6. The van der Waals surface area contributed by atoms with Gasteiger partial charge in [0.1, 0.15) is 11.2 Å². The van der Waals surface area contributed by atoms with E-state index in [1.54, 1.807) is 0 Å². The van der Waals surface area contributed by atoms with E-state index in [1.165, 1.54) is 64.5 Å². The van der Waals surface area contributed by atoms with Crippen LogP contribution in [0.3, 0.4) is 0 Å². The number of furan rings is 1. The molecule has 3 heteroatoms. The van der Waals surface area contributed by atoms with Crippen molar-refractivity contribution < 1.29 is 4.42 Å². The number of nitrogens with zero attached hydrogens (tertiary/aromatic N) is 1. The summed E-state index contributed by atoms with van der Waals surface area (Å²) in [7, 11) is 0. The molecule has 2 heterocycles. The van der Waals surface area contributed by atoms with Crippen LogP contribution in [0.4, 0.5) is 17.1 Å². The van der Waals surface area contributed by atoms with Gasteiger partial charge in [0.15, 0.2) is 0 Å². The summed E-state index contributed by atoms with van der Waals surface area (Å²) in [5, 5.41) is 7.22. The van der Waals surface area contributed by atoms with Gasteiger partial charge >= 0.3 is 0 Å². The summed E-state index contributed by atoms with van der Waals surface area (Å²) in [6, 6.07) is 68.8. The standard InChI is InChI=1S/C55H37NOS/c1-55(2)48-18-7-5-13-43(48)46-17-9-16-41(53(46)55)36-23-28-38(29-24-36)56(39-30-32-45-44-14-6-8-20-50(44)58-51(45)33-39)37-26-21-35(22-27-37)40-15-10-19-49-52(40)47-31-25-34-11-3-4-12-42(34)54(47)57-49/h3-33H,1-2H3. The predicted octanol–water partition coefficient (Wildman–Crippen LogP) is 16.2. The van der Waals surface area contributed by atoms with Crippen molar-refractivity contribution in [1.29, 1.82) is 0 Å². The fourth-order valence-corrected chi connectivity index (χ4v) is 10.9. The fourth-order valence-electron chi connectivity index (χ4n) is 9.76. The van der Waals surface area contributed by atoms with Crippen LogP contribution >= 0.6 is 11.3 Å². The lowest BCUT2D eigenvalue weighted by Gasteiger charge is -2.27. The van der Waals surface area contributed by atoms with Crippen molar-refractivity contribution in [2.75, 3.05) is 4.90 Å². The summed E-state index contributed by atoms with van der Waals surface area (Å²) < 4.78 is 9.14. The molecule has 58 heavy (non-hydrogen) atoms. The van der Waals surface area contributed by atoms with Crippen molar-refractivity contribution in [2.24, 2.45) is 0 Å². The molecule has 0 fully saturated rings. The maximum absolute atomic E-state index is 6.55. The minimum atomic E-state index is -0.0878. The maximum atomic E-state index is 6.55. The largest absolute Gasteiger partial charge is 0.455 e. The second kappa shape index (κ2) is 12.5. The first-order valence-electron chi connectivity index (χ1n) is 20.0. The van der Waals surface area contributed by atoms with E-state index in [0.717, 1.165) is 50.0 Å². The summed E-state index contributed by atoms with van der Waals surface area (Å²) in [5.41, 5.74) is 15.4. The van der Waals surface area contributed by atoms with Crippen molar-refractivity contribution in [3.63, 3.8) is 0 Å². The van der Waals surface area contributed by atoms with Crippen LogP contribution in [0, 0.1) is 0 Å². The zero-order chi connectivity index (χ0) is 38.5. The fraction of sp³-hybridized carbons (Fsp3) is 0.0545. The van der Waals surface area contributed by atoms with Gasteiger partial charge in [-0.05, 0) is 104 Å². The SMILES string of the molecule is CC1(C)c2ccccc2-c2cccc(-c3ccc(N(c4ccc(-c5cccc6oc7c8ccccc8ccc7c56)cc4)c4ccc5c(c4)sc4ccccc45)cc3)c21. The van der Waals surface area contributed by atoms with Gasteiger partial charge in [-0.25, -0.2) is 0 Å². The van der Waals surface area contributed by atoms with Crippen LogP contribution in [0.25, 0.3) is 86.3 Å². The molecule has 9 aromatic carbocycles. The van der Waals surface area contributed by atoms with Gasteiger partial charge in [-0.1, -0.05) is 147 Å². The summed E-state index contributed by atoms with van der Waals surface area (Å²) >= 11 is 1.86. The smallest absolute Gasteiger partial charge is 0.143 e. The molecule has 1 aliphatic rings. The van der Waals surface area contributed by atoms with Crippen molar-refractivity contribution in [3.8, 4) is 33.4 Å². The van der Waals surface area contributed by atoms with Crippen LogP contribution in [-0.2, 0) is 5.41 Å². The highest BCUT2D eigenvalue weighted by Crippen LogP contribution is 2.52. The first-order chi connectivity index (χ1) is 28.5. The second-order valence-electron chi connectivity index (χ2n) is 16.1. The van der Waals surface area contributed by atoms with Crippen molar-refractivity contribution >= 4 is 81.3 Å². The van der Waals surface area contributed by atoms with Crippen molar-refractivity contribution in [1.82, 2.24) is 0 Å². The normalized spacial score (nSPS) is 13.1. The minimum absolute atomic E-state index is 0.0878. The Balaban J connectivity index is 0.980. The number of benzene rings is 9. The molecule has 2 nitrogen and oxygen atoms in total. The van der Waals surface area contributed by atoms with Crippen molar-refractivity contribution in [3.05, 3.63) is 199 Å². The van der Waals surface area contributed by atoms with Gasteiger partial charge in [0.2, 0.25) is 0 Å². The van der Waals surface area contributed by atoms with Gasteiger partial charge in [0, 0.05) is 58.8 Å². The number of hydrogen-bond donors (Lipinski definition) is 0. The number of fused-ring (bicyclic) bond motifs is 11. The molecule has 0 bridgehead atoms. The Bertz CT molecular complexity index is 3420. The number of rotatable bonds is 5. The summed E-state index contributed by atoms with van der Waals surface area (Å²) in [6.07, 6.45) is 0. The molecule has 12 rings (SSSR count). The Labute approximate surface area is 340 Å². The van der Waals surface area contributed by atoms with Gasteiger partial charge in [-0.3, -0.25) is 0 Å². The average Bonchev–Trinajstić information content (AvgIpc) is 3.92.